The lowest BCUT2D eigenvalue weighted by atomic mass is 10.2. The number of carboxylic acids is 1. The van der Waals surface area contributed by atoms with Crippen molar-refractivity contribution in [2.45, 2.75) is 13.0 Å². The van der Waals surface area contributed by atoms with Crippen LogP contribution in [-0.2, 0) is 14.8 Å². The number of carbonyl (C=O) groups is 1. The molecule has 24 heavy (non-hydrogen) atoms. The van der Waals surface area contributed by atoms with Gasteiger partial charge in [-0.25, -0.2) is 13.2 Å². The predicted octanol–water partition coefficient (Wildman–Crippen LogP) is 0.762. The third kappa shape index (κ3) is 3.12. The lowest BCUT2D eigenvalue weighted by Gasteiger charge is -2.28. The van der Waals surface area contributed by atoms with Crippen LogP contribution in [0.2, 0.25) is 10.0 Å². The summed E-state index contributed by atoms with van der Waals surface area (Å²) in [6.45, 7) is 1.12. The third-order valence-corrected chi connectivity index (χ3v) is 5.17. The molecule has 3 N–H and O–H groups in total. The molecule has 0 unspecified atom stereocenters. The molecule has 1 aromatic heterocycles. The summed E-state index contributed by atoms with van der Waals surface area (Å²) in [7, 11) is -4.12. The Morgan fingerprint density at radius 2 is 1.79 bits per heavy atom. The van der Waals surface area contributed by atoms with Crippen molar-refractivity contribution in [2.75, 3.05) is 10.6 Å². The van der Waals surface area contributed by atoms with E-state index in [1.165, 1.54) is 6.07 Å². The molecule has 1 heterocycles. The molecule has 0 radical (unpaired) electrons. The molecule has 12 heteroatoms. The SMILES string of the molecule is C[C@H](C(=O)O)N(c1c(Cl)c(Cl)cc2[nH]c(=O)c(=O)[nH]c12)S(C)(=O)=O. The molecule has 9 nitrogen and oxygen atoms in total. The molecule has 0 fully saturated rings. The highest BCUT2D eigenvalue weighted by molar-refractivity contribution is 7.92. The van der Waals surface area contributed by atoms with Crippen LogP contribution >= 0.6 is 23.2 Å². The normalized spacial score (nSPS) is 13.0. The van der Waals surface area contributed by atoms with Gasteiger partial charge in [-0.15, -0.1) is 0 Å². The quantitative estimate of drug-likeness (QED) is 0.652. The highest BCUT2D eigenvalue weighted by Gasteiger charge is 2.33. The highest BCUT2D eigenvalue weighted by atomic mass is 35.5. The number of carboxylic acid groups (broad SMARTS) is 1. The predicted molar refractivity (Wildman–Crippen MR) is 89.6 cm³/mol. The van der Waals surface area contributed by atoms with E-state index in [-0.39, 0.29) is 26.8 Å². The van der Waals surface area contributed by atoms with Crippen LogP contribution in [0.3, 0.4) is 0 Å². The summed E-state index contributed by atoms with van der Waals surface area (Å²) in [4.78, 5) is 38.8. The van der Waals surface area contributed by atoms with Crippen LogP contribution in [0.5, 0.6) is 0 Å². The Kier molecular flexibility index (Phi) is 4.66. The molecule has 1 atom stereocenters. The Bertz CT molecular complexity index is 1060. The van der Waals surface area contributed by atoms with E-state index in [9.17, 15) is 27.9 Å². The Labute approximate surface area is 144 Å². The van der Waals surface area contributed by atoms with Gasteiger partial charge in [0.25, 0.3) is 0 Å². The van der Waals surface area contributed by atoms with E-state index in [4.69, 9.17) is 23.2 Å². The number of aromatic amines is 2. The molecule has 0 saturated carbocycles. The van der Waals surface area contributed by atoms with E-state index in [2.05, 4.69) is 9.97 Å². The van der Waals surface area contributed by atoms with E-state index >= 15 is 0 Å². The number of rotatable bonds is 4. The summed E-state index contributed by atoms with van der Waals surface area (Å²) < 4.78 is 24.8. The van der Waals surface area contributed by atoms with Gasteiger partial charge in [-0.1, -0.05) is 23.2 Å². The zero-order valence-electron chi connectivity index (χ0n) is 12.3. The minimum absolute atomic E-state index is 0.00441. The summed E-state index contributed by atoms with van der Waals surface area (Å²) in [6.07, 6.45) is 0.777. The molecule has 0 bridgehead atoms. The number of hydrogen-bond donors (Lipinski definition) is 3. The number of aliphatic carboxylic acids is 1. The van der Waals surface area contributed by atoms with E-state index in [1.54, 1.807) is 0 Å². The van der Waals surface area contributed by atoms with Crippen LogP contribution < -0.4 is 15.4 Å². The topological polar surface area (TPSA) is 140 Å². The van der Waals surface area contributed by atoms with Gasteiger partial charge in [-0.3, -0.25) is 13.9 Å². The van der Waals surface area contributed by atoms with Crippen LogP contribution in [0, 0.1) is 0 Å². The van der Waals surface area contributed by atoms with Gasteiger partial charge < -0.3 is 15.1 Å². The second kappa shape index (κ2) is 6.11. The van der Waals surface area contributed by atoms with Gasteiger partial charge in [0, 0.05) is 0 Å². The average molecular weight is 396 g/mol. The summed E-state index contributed by atoms with van der Waals surface area (Å²) in [5.41, 5.74) is -2.55. The maximum Gasteiger partial charge on any atom is 0.327 e. The van der Waals surface area contributed by atoms with Crippen LogP contribution in [0.4, 0.5) is 5.69 Å². The fourth-order valence-electron chi connectivity index (χ4n) is 2.14. The lowest BCUT2D eigenvalue weighted by Crippen LogP contribution is -2.43. The minimum Gasteiger partial charge on any atom is -0.480 e. The fraction of sp³-hybridized carbons (Fsp3) is 0.250. The van der Waals surface area contributed by atoms with Crippen LogP contribution in [0.15, 0.2) is 15.7 Å². The molecular weight excluding hydrogens is 385 g/mol. The molecule has 0 aliphatic carbocycles. The molecule has 0 spiro atoms. The average Bonchev–Trinajstić information content (AvgIpc) is 2.44. The maximum absolute atomic E-state index is 12.1. The summed E-state index contributed by atoms with van der Waals surface area (Å²) in [5.74, 6) is -1.45. The first-order valence-corrected chi connectivity index (χ1v) is 8.92. The number of benzene rings is 1. The molecule has 2 rings (SSSR count). The van der Waals surface area contributed by atoms with Crippen LogP contribution in [0.1, 0.15) is 6.92 Å². The number of hydrogen-bond acceptors (Lipinski definition) is 5. The minimum atomic E-state index is -4.12. The molecular formula is C12H11Cl2N3O6S. The number of nitrogens with one attached hydrogen (secondary N) is 2. The molecule has 0 aliphatic rings. The molecule has 0 aliphatic heterocycles. The van der Waals surface area contributed by atoms with Gasteiger partial charge in [0.15, 0.2) is 0 Å². The highest BCUT2D eigenvalue weighted by Crippen LogP contribution is 2.39. The number of nitrogens with zero attached hydrogens (tertiary/aromatic N) is 1. The molecule has 0 amide bonds. The molecule has 130 valence electrons. The Morgan fingerprint density at radius 3 is 2.29 bits per heavy atom. The zero-order chi connectivity index (χ0) is 18.4. The fourth-order valence-corrected chi connectivity index (χ4v) is 3.81. The lowest BCUT2D eigenvalue weighted by molar-refractivity contribution is -0.137. The number of fused-ring (bicyclic) bond motifs is 1. The van der Waals surface area contributed by atoms with Crippen molar-refractivity contribution in [3.05, 3.63) is 36.8 Å². The van der Waals surface area contributed by atoms with Crippen LogP contribution in [0.25, 0.3) is 11.0 Å². The molecule has 1 aromatic carbocycles. The Morgan fingerprint density at radius 1 is 1.25 bits per heavy atom. The van der Waals surface area contributed by atoms with E-state index in [0.29, 0.717) is 4.31 Å². The van der Waals surface area contributed by atoms with Crippen molar-refractivity contribution in [2.24, 2.45) is 0 Å². The molecule has 2 aromatic rings. The number of sulfonamides is 1. The van der Waals surface area contributed by atoms with Gasteiger partial charge in [0.05, 0.1) is 33.0 Å². The Hall–Kier alpha value is -2.04. The van der Waals surface area contributed by atoms with Crippen molar-refractivity contribution in [3.8, 4) is 0 Å². The third-order valence-electron chi connectivity index (χ3n) is 3.17. The van der Waals surface area contributed by atoms with E-state index in [1.807, 2.05) is 0 Å². The summed E-state index contributed by atoms with van der Waals surface area (Å²) in [6, 6.07) is -0.332. The van der Waals surface area contributed by atoms with Gasteiger partial charge in [0.2, 0.25) is 10.0 Å². The Balaban J connectivity index is 3.04. The number of aromatic nitrogens is 2. The number of anilines is 1. The van der Waals surface area contributed by atoms with Crippen LogP contribution in [-0.4, -0.2) is 41.8 Å². The van der Waals surface area contributed by atoms with Crippen molar-refractivity contribution >= 4 is 55.9 Å². The largest absolute Gasteiger partial charge is 0.480 e. The van der Waals surface area contributed by atoms with Gasteiger partial charge in [0.1, 0.15) is 6.04 Å². The summed E-state index contributed by atoms with van der Waals surface area (Å²) in [5, 5.41) is 8.78. The summed E-state index contributed by atoms with van der Waals surface area (Å²) >= 11 is 12.0. The first kappa shape index (κ1) is 18.3. The first-order chi connectivity index (χ1) is 10.9. The monoisotopic (exact) mass is 395 g/mol. The number of H-pyrrole nitrogens is 2. The smallest absolute Gasteiger partial charge is 0.327 e. The second-order valence-corrected chi connectivity index (χ2v) is 7.57. The van der Waals surface area contributed by atoms with Crippen molar-refractivity contribution in [3.63, 3.8) is 0 Å². The van der Waals surface area contributed by atoms with Gasteiger partial charge in [-0.05, 0) is 13.0 Å². The standard InChI is InChI=1S/C12H11Cl2N3O6S/c1-4(12(20)21)17(24(2,22)23)9-7(14)5(13)3-6-8(9)16-11(19)10(18)15-6/h3-4H,1-2H3,(H,15,18)(H,16,19)(H,20,21)/t4-/m1/s1. The van der Waals surface area contributed by atoms with E-state index < -0.39 is 33.2 Å². The number of halogens is 2. The second-order valence-electron chi connectivity index (χ2n) is 4.92. The van der Waals surface area contributed by atoms with E-state index in [0.717, 1.165) is 13.2 Å². The van der Waals surface area contributed by atoms with Gasteiger partial charge in [-0.2, -0.15) is 0 Å². The van der Waals surface area contributed by atoms with Crippen molar-refractivity contribution in [1.82, 2.24) is 9.97 Å². The molecule has 0 saturated heterocycles. The maximum atomic E-state index is 12.1. The first-order valence-electron chi connectivity index (χ1n) is 6.31. The van der Waals surface area contributed by atoms with Crippen molar-refractivity contribution < 1.29 is 18.3 Å². The van der Waals surface area contributed by atoms with Gasteiger partial charge >= 0.3 is 17.1 Å². The zero-order valence-corrected chi connectivity index (χ0v) is 14.6. The van der Waals surface area contributed by atoms with Crippen molar-refractivity contribution in [1.29, 1.82) is 0 Å².